The fraction of sp³-hybridized carbons (Fsp3) is 0.500. The summed E-state index contributed by atoms with van der Waals surface area (Å²) in [5.41, 5.74) is 12.4. The maximum absolute atomic E-state index is 11.5. The zero-order valence-corrected chi connectivity index (χ0v) is 13.0. The van der Waals surface area contributed by atoms with Crippen molar-refractivity contribution < 1.29 is 4.79 Å². The number of likely N-dealkylation sites (N-methyl/N-ethyl adjacent to an activating group) is 1. The number of amides is 1. The number of benzene rings is 1. The standard InChI is InChI=1S/C14H23ClN4O/c1-4-19(5-2)8-9(3)18-13-11(14(17)20)6-10(16)7-12(13)15/h6-7,9,18H,4-5,8,16H2,1-3H3,(H2,17,20). The number of rotatable bonds is 7. The quantitative estimate of drug-likeness (QED) is 0.674. The van der Waals surface area contributed by atoms with Crippen LogP contribution in [0.2, 0.25) is 5.02 Å². The molecule has 5 nitrogen and oxygen atoms in total. The van der Waals surface area contributed by atoms with Crippen molar-refractivity contribution in [2.24, 2.45) is 5.73 Å². The van der Waals surface area contributed by atoms with Crippen molar-refractivity contribution in [2.75, 3.05) is 30.7 Å². The van der Waals surface area contributed by atoms with E-state index in [0.29, 0.717) is 22.0 Å². The van der Waals surface area contributed by atoms with Gasteiger partial charge in [0.1, 0.15) is 0 Å². The highest BCUT2D eigenvalue weighted by Crippen LogP contribution is 2.29. The molecule has 0 fully saturated rings. The van der Waals surface area contributed by atoms with Gasteiger partial charge < -0.3 is 21.7 Å². The number of carbonyl (C=O) groups excluding carboxylic acids is 1. The zero-order chi connectivity index (χ0) is 15.3. The van der Waals surface area contributed by atoms with Crippen molar-refractivity contribution >= 4 is 28.9 Å². The number of carbonyl (C=O) groups is 1. The molecule has 5 N–H and O–H groups in total. The lowest BCUT2D eigenvalue weighted by atomic mass is 10.1. The normalized spacial score (nSPS) is 12.4. The van der Waals surface area contributed by atoms with Gasteiger partial charge in [-0.3, -0.25) is 4.79 Å². The Bertz CT molecular complexity index is 474. The molecule has 0 radical (unpaired) electrons. The van der Waals surface area contributed by atoms with E-state index in [9.17, 15) is 4.79 Å². The molecule has 0 aliphatic heterocycles. The number of nitrogens with zero attached hydrogens (tertiary/aromatic N) is 1. The van der Waals surface area contributed by atoms with Crippen LogP contribution in [0.5, 0.6) is 0 Å². The lowest BCUT2D eigenvalue weighted by molar-refractivity contribution is 0.100. The number of nitrogen functional groups attached to an aromatic ring is 1. The summed E-state index contributed by atoms with van der Waals surface area (Å²) in [6.45, 7) is 9.06. The van der Waals surface area contributed by atoms with E-state index < -0.39 is 5.91 Å². The Morgan fingerprint density at radius 3 is 2.50 bits per heavy atom. The van der Waals surface area contributed by atoms with Gasteiger partial charge in [0, 0.05) is 18.3 Å². The van der Waals surface area contributed by atoms with Crippen LogP contribution >= 0.6 is 11.6 Å². The lowest BCUT2D eigenvalue weighted by Crippen LogP contribution is -2.35. The predicted molar refractivity (Wildman–Crippen MR) is 85.3 cm³/mol. The van der Waals surface area contributed by atoms with Gasteiger partial charge in [0.25, 0.3) is 5.91 Å². The first kappa shape index (κ1) is 16.6. The molecule has 0 aromatic heterocycles. The van der Waals surface area contributed by atoms with E-state index in [1.165, 1.54) is 0 Å². The van der Waals surface area contributed by atoms with Crippen molar-refractivity contribution in [1.29, 1.82) is 0 Å². The molecule has 0 saturated heterocycles. The Labute approximate surface area is 125 Å². The highest BCUT2D eigenvalue weighted by atomic mass is 35.5. The Kier molecular flexibility index (Phi) is 6.10. The van der Waals surface area contributed by atoms with Crippen molar-refractivity contribution in [1.82, 2.24) is 4.90 Å². The lowest BCUT2D eigenvalue weighted by Gasteiger charge is -2.25. The molecule has 1 aromatic carbocycles. The molecule has 1 rings (SSSR count). The van der Waals surface area contributed by atoms with Crippen molar-refractivity contribution in [3.8, 4) is 0 Å². The molecule has 1 unspecified atom stereocenters. The first-order valence-corrected chi connectivity index (χ1v) is 7.14. The average molecular weight is 299 g/mol. The average Bonchev–Trinajstić information content (AvgIpc) is 2.38. The summed E-state index contributed by atoms with van der Waals surface area (Å²) in [7, 11) is 0. The van der Waals surface area contributed by atoms with Gasteiger partial charge in [-0.15, -0.1) is 0 Å². The highest BCUT2D eigenvalue weighted by Gasteiger charge is 2.16. The second-order valence-corrected chi connectivity index (χ2v) is 5.23. The van der Waals surface area contributed by atoms with Crippen molar-refractivity contribution in [3.05, 3.63) is 22.7 Å². The summed E-state index contributed by atoms with van der Waals surface area (Å²) < 4.78 is 0. The van der Waals surface area contributed by atoms with E-state index in [0.717, 1.165) is 19.6 Å². The van der Waals surface area contributed by atoms with Gasteiger partial charge in [-0.05, 0) is 32.1 Å². The minimum Gasteiger partial charge on any atom is -0.399 e. The number of primary amides is 1. The summed E-state index contributed by atoms with van der Waals surface area (Å²) in [6.07, 6.45) is 0. The molecular formula is C14H23ClN4O. The van der Waals surface area contributed by atoms with Crippen LogP contribution in [-0.2, 0) is 0 Å². The van der Waals surface area contributed by atoms with E-state index in [-0.39, 0.29) is 6.04 Å². The van der Waals surface area contributed by atoms with Crippen LogP contribution in [0.15, 0.2) is 12.1 Å². The summed E-state index contributed by atoms with van der Waals surface area (Å²) in [6, 6.07) is 3.29. The van der Waals surface area contributed by atoms with E-state index in [4.69, 9.17) is 23.1 Å². The minimum atomic E-state index is -0.545. The molecule has 1 amide bonds. The van der Waals surface area contributed by atoms with Crippen LogP contribution in [-0.4, -0.2) is 36.5 Å². The molecule has 112 valence electrons. The maximum Gasteiger partial charge on any atom is 0.250 e. The molecule has 0 heterocycles. The molecule has 1 aromatic rings. The third kappa shape index (κ3) is 4.28. The van der Waals surface area contributed by atoms with Crippen LogP contribution in [0.3, 0.4) is 0 Å². The third-order valence-corrected chi connectivity index (χ3v) is 3.49. The van der Waals surface area contributed by atoms with E-state index in [2.05, 4.69) is 24.1 Å². The minimum absolute atomic E-state index is 0.133. The third-order valence-electron chi connectivity index (χ3n) is 3.20. The Balaban J connectivity index is 2.94. The Hall–Kier alpha value is -1.46. The van der Waals surface area contributed by atoms with Gasteiger partial charge >= 0.3 is 0 Å². The maximum atomic E-state index is 11.5. The molecule has 1 atom stereocenters. The van der Waals surface area contributed by atoms with Crippen molar-refractivity contribution in [2.45, 2.75) is 26.8 Å². The van der Waals surface area contributed by atoms with Crippen LogP contribution < -0.4 is 16.8 Å². The van der Waals surface area contributed by atoms with Crippen LogP contribution in [0.25, 0.3) is 0 Å². The number of halogens is 1. The first-order valence-electron chi connectivity index (χ1n) is 6.76. The fourth-order valence-corrected chi connectivity index (χ4v) is 2.41. The first-order chi connectivity index (χ1) is 9.38. The highest BCUT2D eigenvalue weighted by molar-refractivity contribution is 6.34. The number of nitrogens with two attached hydrogens (primary N) is 2. The summed E-state index contributed by atoms with van der Waals surface area (Å²) in [5, 5.41) is 3.66. The van der Waals surface area contributed by atoms with Crippen LogP contribution in [0.4, 0.5) is 11.4 Å². The van der Waals surface area contributed by atoms with Gasteiger partial charge in [0.15, 0.2) is 0 Å². The van der Waals surface area contributed by atoms with Crippen molar-refractivity contribution in [3.63, 3.8) is 0 Å². The predicted octanol–water partition coefficient (Wildman–Crippen LogP) is 2.16. The van der Waals surface area contributed by atoms with Crippen LogP contribution in [0.1, 0.15) is 31.1 Å². The van der Waals surface area contributed by atoms with Gasteiger partial charge in [-0.25, -0.2) is 0 Å². The van der Waals surface area contributed by atoms with Gasteiger partial charge in [0.2, 0.25) is 0 Å². The molecule has 0 spiro atoms. The molecule has 0 aliphatic rings. The smallest absolute Gasteiger partial charge is 0.250 e. The molecular weight excluding hydrogens is 276 g/mol. The molecule has 6 heteroatoms. The molecule has 0 bridgehead atoms. The second kappa shape index (κ2) is 7.36. The van der Waals surface area contributed by atoms with E-state index >= 15 is 0 Å². The summed E-state index contributed by atoms with van der Waals surface area (Å²) in [5.74, 6) is -0.545. The van der Waals surface area contributed by atoms with Gasteiger partial charge in [0.05, 0.1) is 16.3 Å². The fourth-order valence-electron chi connectivity index (χ4n) is 2.13. The number of anilines is 2. The Morgan fingerprint density at radius 1 is 1.40 bits per heavy atom. The van der Waals surface area contributed by atoms with Crippen LogP contribution in [0, 0.1) is 0 Å². The Morgan fingerprint density at radius 2 is 2.00 bits per heavy atom. The second-order valence-electron chi connectivity index (χ2n) is 4.82. The molecule has 20 heavy (non-hydrogen) atoms. The summed E-state index contributed by atoms with van der Waals surface area (Å²) in [4.78, 5) is 13.8. The zero-order valence-electron chi connectivity index (χ0n) is 12.2. The van der Waals surface area contributed by atoms with E-state index in [1.807, 2.05) is 6.92 Å². The summed E-state index contributed by atoms with van der Waals surface area (Å²) >= 11 is 6.16. The van der Waals surface area contributed by atoms with Gasteiger partial charge in [-0.1, -0.05) is 25.4 Å². The topological polar surface area (TPSA) is 84.4 Å². The monoisotopic (exact) mass is 298 g/mol. The largest absolute Gasteiger partial charge is 0.399 e. The molecule has 0 aliphatic carbocycles. The number of hydrogen-bond acceptors (Lipinski definition) is 4. The molecule has 0 saturated carbocycles. The number of nitrogens with one attached hydrogen (secondary N) is 1. The SMILES string of the molecule is CCN(CC)CC(C)Nc1c(Cl)cc(N)cc1C(N)=O. The van der Waals surface area contributed by atoms with Gasteiger partial charge in [-0.2, -0.15) is 0 Å². The van der Waals surface area contributed by atoms with E-state index in [1.54, 1.807) is 12.1 Å². The number of hydrogen-bond donors (Lipinski definition) is 3.